The van der Waals surface area contributed by atoms with E-state index in [-0.39, 0.29) is 18.2 Å². The number of aromatic nitrogens is 1. The number of pyridine rings is 1. The van der Waals surface area contributed by atoms with Gasteiger partial charge in [0, 0.05) is 28.5 Å². The smallest absolute Gasteiger partial charge is 0.416 e. The van der Waals surface area contributed by atoms with Gasteiger partial charge in [0.1, 0.15) is 5.75 Å². The summed E-state index contributed by atoms with van der Waals surface area (Å²) < 4.78 is 38.8. The standard InChI is InChI=1S/C17H13F3N2O.ClH/c1-10-13(3-2-4-16(10)23)22-15-7-8-21-14-6-5-11(9-12(14)15)17(18,19)20;/h2-9,23H,1H3,(H,21,22);1H. The molecule has 0 atom stereocenters. The molecule has 0 spiro atoms. The molecule has 0 bridgehead atoms. The lowest BCUT2D eigenvalue weighted by atomic mass is 10.1. The van der Waals surface area contributed by atoms with E-state index in [2.05, 4.69) is 10.3 Å². The van der Waals surface area contributed by atoms with Gasteiger partial charge < -0.3 is 10.4 Å². The van der Waals surface area contributed by atoms with Crippen molar-refractivity contribution in [1.82, 2.24) is 4.98 Å². The van der Waals surface area contributed by atoms with E-state index in [1.807, 2.05) is 0 Å². The van der Waals surface area contributed by atoms with Gasteiger partial charge in [-0.3, -0.25) is 4.98 Å². The molecule has 0 aliphatic carbocycles. The normalized spacial score (nSPS) is 11.2. The second-order valence-corrected chi connectivity index (χ2v) is 5.16. The Balaban J connectivity index is 0.00000208. The van der Waals surface area contributed by atoms with E-state index in [0.717, 1.165) is 12.1 Å². The Kier molecular flexibility index (Phi) is 4.89. The van der Waals surface area contributed by atoms with E-state index < -0.39 is 11.7 Å². The van der Waals surface area contributed by atoms with Gasteiger partial charge in [-0.2, -0.15) is 13.2 Å². The van der Waals surface area contributed by atoms with Gasteiger partial charge in [-0.05, 0) is 43.3 Å². The summed E-state index contributed by atoms with van der Waals surface area (Å²) in [6.45, 7) is 1.72. The van der Waals surface area contributed by atoms with Crippen molar-refractivity contribution in [2.75, 3.05) is 5.32 Å². The molecule has 0 unspecified atom stereocenters. The average Bonchev–Trinajstić information content (AvgIpc) is 2.51. The first-order valence-electron chi connectivity index (χ1n) is 6.88. The molecule has 0 radical (unpaired) electrons. The summed E-state index contributed by atoms with van der Waals surface area (Å²) in [4.78, 5) is 4.09. The lowest BCUT2D eigenvalue weighted by Crippen LogP contribution is -2.05. The first kappa shape index (κ1) is 17.9. The number of nitrogens with one attached hydrogen (secondary N) is 1. The summed E-state index contributed by atoms with van der Waals surface area (Å²) in [7, 11) is 0. The van der Waals surface area contributed by atoms with Crippen LogP contribution >= 0.6 is 12.4 Å². The average molecular weight is 355 g/mol. The fourth-order valence-corrected chi connectivity index (χ4v) is 2.34. The first-order valence-corrected chi connectivity index (χ1v) is 6.88. The largest absolute Gasteiger partial charge is 0.508 e. The summed E-state index contributed by atoms with van der Waals surface area (Å²) in [5.41, 5.74) is 1.46. The number of rotatable bonds is 2. The van der Waals surface area contributed by atoms with Crippen LogP contribution in [0.3, 0.4) is 0 Å². The predicted molar refractivity (Wildman–Crippen MR) is 90.1 cm³/mol. The Bertz CT molecular complexity index is 881. The highest BCUT2D eigenvalue weighted by molar-refractivity contribution is 5.93. The number of phenolic OH excluding ortho intramolecular Hbond substituents is 1. The summed E-state index contributed by atoms with van der Waals surface area (Å²) in [6.07, 6.45) is -2.89. The van der Waals surface area contributed by atoms with Crippen LogP contribution in [0.15, 0.2) is 48.7 Å². The van der Waals surface area contributed by atoms with Crippen LogP contribution in [0.4, 0.5) is 24.5 Å². The van der Waals surface area contributed by atoms with E-state index in [1.165, 1.54) is 12.3 Å². The summed E-state index contributed by atoms with van der Waals surface area (Å²) in [5.74, 6) is 0.115. The molecule has 0 amide bonds. The minimum atomic E-state index is -4.41. The Labute approximate surface area is 142 Å². The van der Waals surface area contributed by atoms with Gasteiger partial charge in [0.05, 0.1) is 11.1 Å². The molecule has 0 aliphatic heterocycles. The molecule has 2 N–H and O–H groups in total. The molecule has 3 rings (SSSR count). The third-order valence-electron chi connectivity index (χ3n) is 3.64. The number of benzene rings is 2. The fourth-order valence-electron chi connectivity index (χ4n) is 2.34. The van der Waals surface area contributed by atoms with Crippen molar-refractivity contribution in [1.29, 1.82) is 0 Å². The lowest BCUT2D eigenvalue weighted by Gasteiger charge is -2.14. The van der Waals surface area contributed by atoms with E-state index >= 15 is 0 Å². The molecule has 1 aromatic heterocycles. The van der Waals surface area contributed by atoms with Crippen molar-refractivity contribution < 1.29 is 18.3 Å². The Morgan fingerprint density at radius 1 is 1.04 bits per heavy atom. The first-order chi connectivity index (χ1) is 10.9. The van der Waals surface area contributed by atoms with Crippen LogP contribution in [-0.4, -0.2) is 10.1 Å². The van der Waals surface area contributed by atoms with E-state index in [0.29, 0.717) is 27.8 Å². The molecule has 0 aliphatic rings. The van der Waals surface area contributed by atoms with E-state index in [9.17, 15) is 18.3 Å². The fraction of sp³-hybridized carbons (Fsp3) is 0.118. The number of hydrogen-bond donors (Lipinski definition) is 2. The van der Waals surface area contributed by atoms with Crippen LogP contribution in [0.5, 0.6) is 5.75 Å². The SMILES string of the molecule is Cc1c(O)cccc1Nc1ccnc2ccc(C(F)(F)F)cc12.Cl. The van der Waals surface area contributed by atoms with Crippen molar-refractivity contribution in [3.05, 3.63) is 59.8 Å². The Morgan fingerprint density at radius 3 is 2.50 bits per heavy atom. The molecule has 1 heterocycles. The van der Waals surface area contributed by atoms with E-state index in [1.54, 1.807) is 31.2 Å². The molecule has 126 valence electrons. The van der Waals surface area contributed by atoms with Crippen molar-refractivity contribution in [2.24, 2.45) is 0 Å². The number of hydrogen-bond acceptors (Lipinski definition) is 3. The van der Waals surface area contributed by atoms with Crippen molar-refractivity contribution >= 4 is 34.7 Å². The number of nitrogens with zero attached hydrogens (tertiary/aromatic N) is 1. The quantitative estimate of drug-likeness (QED) is 0.644. The monoisotopic (exact) mass is 354 g/mol. The maximum Gasteiger partial charge on any atom is 0.416 e. The van der Waals surface area contributed by atoms with Crippen molar-refractivity contribution in [3.8, 4) is 5.75 Å². The van der Waals surface area contributed by atoms with Crippen LogP contribution in [0, 0.1) is 6.92 Å². The van der Waals surface area contributed by atoms with Crippen LogP contribution in [0.2, 0.25) is 0 Å². The number of alkyl halides is 3. The maximum absolute atomic E-state index is 12.9. The zero-order chi connectivity index (χ0) is 16.6. The minimum absolute atomic E-state index is 0. The minimum Gasteiger partial charge on any atom is -0.508 e. The zero-order valence-electron chi connectivity index (χ0n) is 12.6. The number of fused-ring (bicyclic) bond motifs is 1. The summed E-state index contributed by atoms with van der Waals surface area (Å²) >= 11 is 0. The van der Waals surface area contributed by atoms with Crippen LogP contribution < -0.4 is 5.32 Å². The predicted octanol–water partition coefficient (Wildman–Crippen LogP) is 5.43. The molecule has 0 saturated heterocycles. The molecule has 0 saturated carbocycles. The highest BCUT2D eigenvalue weighted by Crippen LogP contribution is 2.34. The number of anilines is 2. The van der Waals surface area contributed by atoms with Crippen molar-refractivity contribution in [2.45, 2.75) is 13.1 Å². The molecule has 2 aromatic carbocycles. The molecule has 24 heavy (non-hydrogen) atoms. The molecule has 3 aromatic rings. The lowest BCUT2D eigenvalue weighted by molar-refractivity contribution is -0.137. The Morgan fingerprint density at radius 2 is 1.79 bits per heavy atom. The third-order valence-corrected chi connectivity index (χ3v) is 3.64. The maximum atomic E-state index is 12.9. The van der Waals surface area contributed by atoms with Gasteiger partial charge in [-0.25, -0.2) is 0 Å². The topological polar surface area (TPSA) is 45.1 Å². The van der Waals surface area contributed by atoms with Gasteiger partial charge in [-0.15, -0.1) is 12.4 Å². The number of aromatic hydroxyl groups is 1. The van der Waals surface area contributed by atoms with Gasteiger partial charge >= 0.3 is 6.18 Å². The molecule has 3 nitrogen and oxygen atoms in total. The van der Waals surface area contributed by atoms with Crippen LogP contribution in [0.1, 0.15) is 11.1 Å². The highest BCUT2D eigenvalue weighted by atomic mass is 35.5. The Hall–Kier alpha value is -2.47. The number of phenols is 1. The van der Waals surface area contributed by atoms with E-state index in [4.69, 9.17) is 0 Å². The molecule has 0 fully saturated rings. The molecule has 7 heteroatoms. The van der Waals surface area contributed by atoms with Gasteiger partial charge in [0.15, 0.2) is 0 Å². The molecular weight excluding hydrogens is 341 g/mol. The van der Waals surface area contributed by atoms with Gasteiger partial charge in [0.2, 0.25) is 0 Å². The highest BCUT2D eigenvalue weighted by Gasteiger charge is 2.30. The third kappa shape index (κ3) is 3.38. The number of halogens is 4. The molecular formula is C17H14ClF3N2O. The van der Waals surface area contributed by atoms with Crippen molar-refractivity contribution in [3.63, 3.8) is 0 Å². The zero-order valence-corrected chi connectivity index (χ0v) is 13.4. The second-order valence-electron chi connectivity index (χ2n) is 5.16. The summed E-state index contributed by atoms with van der Waals surface area (Å²) in [6, 6.07) is 9.99. The van der Waals surface area contributed by atoms with Crippen LogP contribution in [-0.2, 0) is 6.18 Å². The van der Waals surface area contributed by atoms with Gasteiger partial charge in [-0.1, -0.05) is 6.07 Å². The summed E-state index contributed by atoms with van der Waals surface area (Å²) in [5, 5.41) is 13.2. The van der Waals surface area contributed by atoms with Gasteiger partial charge in [0.25, 0.3) is 0 Å². The van der Waals surface area contributed by atoms with Crippen LogP contribution in [0.25, 0.3) is 10.9 Å². The second kappa shape index (κ2) is 6.57.